The molecule has 0 aliphatic heterocycles. The normalized spacial score (nSPS) is 13.0. The molecule has 0 aromatic heterocycles. The van der Waals surface area contributed by atoms with E-state index < -0.39 is 0 Å². The van der Waals surface area contributed by atoms with E-state index in [1.54, 1.807) is 5.57 Å². The van der Waals surface area contributed by atoms with E-state index in [-0.39, 0.29) is 0 Å². The highest BCUT2D eigenvalue weighted by molar-refractivity contribution is 5.19. The first-order chi connectivity index (χ1) is 13.8. The maximum atomic E-state index is 2.64. The number of unbranched alkanes of at least 4 members (excludes halogenated alkanes) is 10. The van der Waals surface area contributed by atoms with Crippen molar-refractivity contribution in [1.82, 2.24) is 0 Å². The van der Waals surface area contributed by atoms with Crippen molar-refractivity contribution >= 4 is 0 Å². The van der Waals surface area contributed by atoms with Gasteiger partial charge in [-0.15, -0.1) is 0 Å². The van der Waals surface area contributed by atoms with Gasteiger partial charge >= 0.3 is 0 Å². The monoisotopic (exact) mass is 384 g/mol. The minimum absolute atomic E-state index is 0.757. The lowest BCUT2D eigenvalue weighted by molar-refractivity contribution is 0.479. The second kappa shape index (κ2) is 18.0. The molecule has 1 aromatic carbocycles. The first kappa shape index (κ1) is 25.0. The molecule has 1 rings (SSSR count). The first-order valence-corrected chi connectivity index (χ1v) is 12.5. The molecule has 0 saturated heterocycles. The molecule has 0 radical (unpaired) electrons. The van der Waals surface area contributed by atoms with Crippen LogP contribution in [0, 0.1) is 5.92 Å². The predicted molar refractivity (Wildman–Crippen MR) is 128 cm³/mol. The standard InChI is InChI=1S/C28H48/c1-4-7-10-12-13-19-24-28(25-26-20-16-14-17-21-26)27(22-15-9-6-3)23-18-11-8-5-2/h14,16-17,20-22,28H,4-13,15,18-19,23-25H2,1-3H3/b27-22-. The zero-order chi connectivity index (χ0) is 20.3. The highest BCUT2D eigenvalue weighted by Gasteiger charge is 2.15. The van der Waals surface area contributed by atoms with Gasteiger partial charge in [-0.05, 0) is 43.6 Å². The number of rotatable bonds is 18. The third-order valence-electron chi connectivity index (χ3n) is 6.04. The van der Waals surface area contributed by atoms with Crippen molar-refractivity contribution in [1.29, 1.82) is 0 Å². The molecule has 0 N–H and O–H groups in total. The Kier molecular flexibility index (Phi) is 16.1. The summed E-state index contributed by atoms with van der Waals surface area (Å²) >= 11 is 0. The van der Waals surface area contributed by atoms with E-state index >= 15 is 0 Å². The van der Waals surface area contributed by atoms with Crippen LogP contribution in [0.2, 0.25) is 0 Å². The van der Waals surface area contributed by atoms with Crippen LogP contribution in [-0.2, 0) is 6.42 Å². The number of hydrogen-bond acceptors (Lipinski definition) is 0. The molecule has 160 valence electrons. The van der Waals surface area contributed by atoms with Gasteiger partial charge in [0.1, 0.15) is 0 Å². The van der Waals surface area contributed by atoms with Crippen LogP contribution in [-0.4, -0.2) is 0 Å². The van der Waals surface area contributed by atoms with Crippen molar-refractivity contribution in [2.24, 2.45) is 5.92 Å². The summed E-state index contributed by atoms with van der Waals surface area (Å²) in [7, 11) is 0. The van der Waals surface area contributed by atoms with E-state index in [1.165, 1.54) is 108 Å². The zero-order valence-corrected chi connectivity index (χ0v) is 19.4. The molecule has 0 amide bonds. The van der Waals surface area contributed by atoms with Crippen molar-refractivity contribution < 1.29 is 0 Å². The molecule has 1 unspecified atom stereocenters. The fraction of sp³-hybridized carbons (Fsp3) is 0.714. The van der Waals surface area contributed by atoms with Gasteiger partial charge in [0.15, 0.2) is 0 Å². The van der Waals surface area contributed by atoms with Crippen LogP contribution in [0.15, 0.2) is 42.0 Å². The predicted octanol–water partition coefficient (Wildman–Crippen LogP) is 9.68. The van der Waals surface area contributed by atoms with Gasteiger partial charge in [0.05, 0.1) is 0 Å². The molecular weight excluding hydrogens is 336 g/mol. The summed E-state index contributed by atoms with van der Waals surface area (Å²) in [4.78, 5) is 0. The molecule has 1 aromatic rings. The summed E-state index contributed by atoms with van der Waals surface area (Å²) < 4.78 is 0. The van der Waals surface area contributed by atoms with Gasteiger partial charge in [0.2, 0.25) is 0 Å². The van der Waals surface area contributed by atoms with Crippen LogP contribution in [0.1, 0.15) is 123 Å². The molecular formula is C28H48. The Hall–Kier alpha value is -1.04. The molecule has 0 nitrogen and oxygen atoms in total. The summed E-state index contributed by atoms with van der Waals surface area (Å²) in [5, 5.41) is 0. The maximum Gasteiger partial charge on any atom is -0.0163 e. The highest BCUT2D eigenvalue weighted by atomic mass is 14.2. The van der Waals surface area contributed by atoms with Crippen molar-refractivity contribution in [3.63, 3.8) is 0 Å². The quantitative estimate of drug-likeness (QED) is 0.174. The minimum atomic E-state index is 0.757. The molecule has 0 spiro atoms. The Morgan fingerprint density at radius 3 is 2.00 bits per heavy atom. The Balaban J connectivity index is 2.71. The molecule has 0 saturated carbocycles. The minimum Gasteiger partial charge on any atom is -0.0850 e. The lowest BCUT2D eigenvalue weighted by Crippen LogP contribution is -2.09. The van der Waals surface area contributed by atoms with Crippen LogP contribution < -0.4 is 0 Å². The van der Waals surface area contributed by atoms with Gasteiger partial charge in [-0.2, -0.15) is 0 Å². The van der Waals surface area contributed by atoms with Gasteiger partial charge in [-0.1, -0.05) is 133 Å². The lowest BCUT2D eigenvalue weighted by atomic mass is 9.84. The van der Waals surface area contributed by atoms with E-state index in [2.05, 4.69) is 57.2 Å². The Labute approximate surface area is 177 Å². The van der Waals surface area contributed by atoms with E-state index in [0.717, 1.165) is 5.92 Å². The van der Waals surface area contributed by atoms with E-state index in [4.69, 9.17) is 0 Å². The summed E-state index contributed by atoms with van der Waals surface area (Å²) in [5.74, 6) is 0.757. The molecule has 0 heterocycles. The summed E-state index contributed by atoms with van der Waals surface area (Å²) in [5.41, 5.74) is 3.30. The molecule has 0 fully saturated rings. The zero-order valence-electron chi connectivity index (χ0n) is 19.4. The summed E-state index contributed by atoms with van der Waals surface area (Å²) in [6.07, 6.45) is 24.5. The van der Waals surface area contributed by atoms with Crippen molar-refractivity contribution in [3.05, 3.63) is 47.5 Å². The lowest BCUT2D eigenvalue weighted by Gasteiger charge is -2.22. The SMILES string of the molecule is CCCC/C=C(/CCCCCC)C(CCCCCCCC)Cc1ccccc1. The Morgan fingerprint density at radius 1 is 0.714 bits per heavy atom. The van der Waals surface area contributed by atoms with Crippen LogP contribution in [0.25, 0.3) is 0 Å². The molecule has 0 aliphatic carbocycles. The third kappa shape index (κ3) is 12.4. The average Bonchev–Trinajstić information content (AvgIpc) is 2.72. The summed E-state index contributed by atoms with van der Waals surface area (Å²) in [6.45, 7) is 6.93. The second-order valence-corrected chi connectivity index (χ2v) is 8.68. The van der Waals surface area contributed by atoms with Crippen molar-refractivity contribution in [2.75, 3.05) is 0 Å². The Bertz CT molecular complexity index is 470. The third-order valence-corrected chi connectivity index (χ3v) is 6.04. The van der Waals surface area contributed by atoms with E-state index in [1.807, 2.05) is 0 Å². The average molecular weight is 385 g/mol. The van der Waals surface area contributed by atoms with Gasteiger partial charge in [0, 0.05) is 0 Å². The number of allylic oxidation sites excluding steroid dienone is 2. The molecule has 1 atom stereocenters. The molecule has 0 bridgehead atoms. The van der Waals surface area contributed by atoms with Crippen molar-refractivity contribution in [2.45, 2.75) is 124 Å². The Morgan fingerprint density at radius 2 is 1.32 bits per heavy atom. The molecule has 28 heavy (non-hydrogen) atoms. The highest BCUT2D eigenvalue weighted by Crippen LogP contribution is 2.28. The topological polar surface area (TPSA) is 0 Å². The van der Waals surface area contributed by atoms with Crippen molar-refractivity contribution in [3.8, 4) is 0 Å². The summed E-state index contributed by atoms with van der Waals surface area (Å²) in [6, 6.07) is 11.2. The fourth-order valence-electron chi connectivity index (χ4n) is 4.21. The maximum absolute atomic E-state index is 2.64. The van der Waals surface area contributed by atoms with Gasteiger partial charge in [0.25, 0.3) is 0 Å². The van der Waals surface area contributed by atoms with E-state index in [9.17, 15) is 0 Å². The largest absolute Gasteiger partial charge is 0.0850 e. The van der Waals surface area contributed by atoms with Gasteiger partial charge in [-0.3, -0.25) is 0 Å². The fourth-order valence-corrected chi connectivity index (χ4v) is 4.21. The van der Waals surface area contributed by atoms with Crippen LogP contribution in [0.5, 0.6) is 0 Å². The van der Waals surface area contributed by atoms with Gasteiger partial charge in [-0.25, -0.2) is 0 Å². The van der Waals surface area contributed by atoms with Crippen LogP contribution in [0.3, 0.4) is 0 Å². The second-order valence-electron chi connectivity index (χ2n) is 8.68. The smallest absolute Gasteiger partial charge is 0.0163 e. The first-order valence-electron chi connectivity index (χ1n) is 12.5. The molecule has 0 aliphatic rings. The van der Waals surface area contributed by atoms with Gasteiger partial charge < -0.3 is 0 Å². The molecule has 0 heteroatoms. The number of benzene rings is 1. The van der Waals surface area contributed by atoms with E-state index in [0.29, 0.717) is 0 Å². The van der Waals surface area contributed by atoms with Crippen LogP contribution in [0.4, 0.5) is 0 Å². The van der Waals surface area contributed by atoms with Crippen LogP contribution >= 0.6 is 0 Å². The number of hydrogen-bond donors (Lipinski definition) is 0.